The molecule has 1 spiro atoms. The summed E-state index contributed by atoms with van der Waals surface area (Å²) in [6.07, 6.45) is 10.2. The van der Waals surface area contributed by atoms with Crippen molar-refractivity contribution in [2.75, 3.05) is 24.5 Å². The van der Waals surface area contributed by atoms with E-state index in [2.05, 4.69) is 24.8 Å². The van der Waals surface area contributed by atoms with Crippen LogP contribution in [0.25, 0.3) is 0 Å². The number of aromatic amines is 1. The van der Waals surface area contributed by atoms with E-state index in [0.717, 1.165) is 56.5 Å². The van der Waals surface area contributed by atoms with Crippen molar-refractivity contribution in [3.63, 3.8) is 0 Å². The Morgan fingerprint density at radius 1 is 1.26 bits per heavy atom. The maximum Gasteiger partial charge on any atom is 0.226 e. The maximum absolute atomic E-state index is 14.2. The van der Waals surface area contributed by atoms with Crippen LogP contribution >= 0.6 is 0 Å². The lowest BCUT2D eigenvalue weighted by atomic mass is 9.76. The van der Waals surface area contributed by atoms with Gasteiger partial charge in [0.1, 0.15) is 0 Å². The second-order valence-electron chi connectivity index (χ2n) is 7.94. The average Bonchev–Trinajstić information content (AvgIpc) is 3.12. The van der Waals surface area contributed by atoms with E-state index in [0.29, 0.717) is 24.7 Å². The van der Waals surface area contributed by atoms with Crippen LogP contribution in [0.2, 0.25) is 0 Å². The number of hydrogen-bond acceptors (Lipinski definition) is 4. The third-order valence-electron chi connectivity index (χ3n) is 6.66. The summed E-state index contributed by atoms with van der Waals surface area (Å²) >= 11 is 0. The number of fused-ring (bicyclic) bond motifs is 2. The second kappa shape index (κ2) is 6.32. The van der Waals surface area contributed by atoms with Gasteiger partial charge < -0.3 is 14.8 Å². The SMILES string of the molecule is O=C(C1CCC1)N1CCc2[nH]cnc2C12CCN(c1ccncc1F)CC2. The number of hydrogen-bond donors (Lipinski definition) is 1. The van der Waals surface area contributed by atoms with Gasteiger partial charge in [-0.2, -0.15) is 0 Å². The van der Waals surface area contributed by atoms with Gasteiger partial charge in [-0.15, -0.1) is 0 Å². The standard InChI is InChI=1S/C20H24FN5O/c21-15-12-22-8-4-17(15)25-10-6-20(7-11-25)18-16(23-13-24-18)5-9-26(20)19(27)14-2-1-3-14/h4,8,12-14H,1-3,5-7,9-11H2,(H,23,24). The van der Waals surface area contributed by atoms with Gasteiger partial charge in [-0.05, 0) is 31.7 Å². The Bertz CT molecular complexity index is 854. The quantitative estimate of drug-likeness (QED) is 0.884. The number of carbonyl (C=O) groups excluding carboxylic acids is 1. The Labute approximate surface area is 157 Å². The van der Waals surface area contributed by atoms with Crippen molar-refractivity contribution < 1.29 is 9.18 Å². The topological polar surface area (TPSA) is 65.1 Å². The Hall–Kier alpha value is -2.44. The second-order valence-corrected chi connectivity index (χ2v) is 7.94. The highest BCUT2D eigenvalue weighted by Crippen LogP contribution is 2.45. The van der Waals surface area contributed by atoms with Crippen LogP contribution in [0.5, 0.6) is 0 Å². The number of piperidine rings is 1. The summed E-state index contributed by atoms with van der Waals surface area (Å²) in [6.45, 7) is 2.14. The Balaban J connectivity index is 1.45. The number of aromatic nitrogens is 3. The molecule has 2 aromatic rings. The van der Waals surface area contributed by atoms with Gasteiger partial charge >= 0.3 is 0 Å². The van der Waals surface area contributed by atoms with Gasteiger partial charge in [0.25, 0.3) is 0 Å². The number of anilines is 1. The number of rotatable bonds is 2. The van der Waals surface area contributed by atoms with Crippen molar-refractivity contribution in [3.8, 4) is 0 Å². The summed E-state index contributed by atoms with van der Waals surface area (Å²) in [7, 11) is 0. The fourth-order valence-electron chi connectivity index (χ4n) is 4.92. The molecule has 4 heterocycles. The zero-order valence-corrected chi connectivity index (χ0v) is 15.3. The first-order valence-corrected chi connectivity index (χ1v) is 9.88. The fourth-order valence-corrected chi connectivity index (χ4v) is 4.92. The van der Waals surface area contributed by atoms with Crippen LogP contribution in [-0.4, -0.2) is 45.4 Å². The third-order valence-corrected chi connectivity index (χ3v) is 6.66. The van der Waals surface area contributed by atoms with Crippen molar-refractivity contribution in [2.45, 2.75) is 44.1 Å². The van der Waals surface area contributed by atoms with Gasteiger partial charge in [0, 0.05) is 43.9 Å². The van der Waals surface area contributed by atoms with E-state index >= 15 is 0 Å². The molecule has 0 aromatic carbocycles. The van der Waals surface area contributed by atoms with E-state index in [9.17, 15) is 9.18 Å². The highest BCUT2D eigenvalue weighted by Gasteiger charge is 2.50. The molecule has 0 atom stereocenters. The molecule has 1 saturated heterocycles. The lowest BCUT2D eigenvalue weighted by Crippen LogP contribution is -2.60. The zero-order chi connectivity index (χ0) is 18.4. The van der Waals surface area contributed by atoms with Crippen LogP contribution in [0, 0.1) is 11.7 Å². The summed E-state index contributed by atoms with van der Waals surface area (Å²) in [5, 5.41) is 0. The molecular weight excluding hydrogens is 345 g/mol. The normalized spacial score (nSPS) is 21.8. The van der Waals surface area contributed by atoms with Crippen LogP contribution in [0.1, 0.15) is 43.5 Å². The van der Waals surface area contributed by atoms with E-state index in [4.69, 9.17) is 0 Å². The molecule has 142 valence electrons. The Morgan fingerprint density at radius 2 is 2.07 bits per heavy atom. The number of nitrogens with one attached hydrogen (secondary N) is 1. The molecule has 5 rings (SSSR count). The summed E-state index contributed by atoms with van der Waals surface area (Å²) < 4.78 is 14.2. The molecule has 1 aliphatic carbocycles. The van der Waals surface area contributed by atoms with Crippen molar-refractivity contribution >= 4 is 11.6 Å². The minimum atomic E-state index is -0.361. The summed E-state index contributed by atoms with van der Waals surface area (Å²) in [5.41, 5.74) is 2.41. The monoisotopic (exact) mass is 369 g/mol. The number of nitrogens with zero attached hydrogens (tertiary/aromatic N) is 4. The molecule has 2 aromatic heterocycles. The van der Waals surface area contributed by atoms with Crippen LogP contribution < -0.4 is 4.90 Å². The van der Waals surface area contributed by atoms with Crippen LogP contribution in [0.4, 0.5) is 10.1 Å². The highest BCUT2D eigenvalue weighted by atomic mass is 19.1. The Kier molecular flexibility index (Phi) is 3.91. The lowest BCUT2D eigenvalue weighted by molar-refractivity contribution is -0.147. The molecule has 0 unspecified atom stereocenters. The average molecular weight is 369 g/mol. The number of amides is 1. The summed E-state index contributed by atoms with van der Waals surface area (Å²) in [4.78, 5) is 29.1. The number of halogens is 1. The zero-order valence-electron chi connectivity index (χ0n) is 15.3. The number of carbonyl (C=O) groups is 1. The van der Waals surface area contributed by atoms with Crippen LogP contribution in [-0.2, 0) is 16.8 Å². The van der Waals surface area contributed by atoms with Gasteiger partial charge in [0.05, 0.1) is 29.4 Å². The molecule has 6 nitrogen and oxygen atoms in total. The van der Waals surface area contributed by atoms with Crippen molar-refractivity contribution in [3.05, 3.63) is 42.0 Å². The molecule has 0 bridgehead atoms. The molecule has 1 saturated carbocycles. The van der Waals surface area contributed by atoms with Gasteiger partial charge in [0.2, 0.25) is 5.91 Å². The molecule has 27 heavy (non-hydrogen) atoms. The highest BCUT2D eigenvalue weighted by molar-refractivity contribution is 5.81. The first-order chi connectivity index (χ1) is 13.2. The number of pyridine rings is 1. The van der Waals surface area contributed by atoms with Crippen molar-refractivity contribution in [1.29, 1.82) is 0 Å². The molecule has 0 radical (unpaired) electrons. The molecule has 2 aliphatic heterocycles. The molecule has 7 heteroatoms. The summed E-state index contributed by atoms with van der Waals surface area (Å²) in [6, 6.07) is 1.73. The molecular formula is C20H24FN5O. The number of imidazole rings is 1. The van der Waals surface area contributed by atoms with E-state index < -0.39 is 0 Å². The largest absolute Gasteiger partial charge is 0.369 e. The maximum atomic E-state index is 14.2. The van der Waals surface area contributed by atoms with Gasteiger partial charge in [0.15, 0.2) is 5.82 Å². The first-order valence-electron chi connectivity index (χ1n) is 9.88. The van der Waals surface area contributed by atoms with Gasteiger partial charge in [-0.25, -0.2) is 9.37 Å². The van der Waals surface area contributed by atoms with Crippen LogP contribution in [0.15, 0.2) is 24.8 Å². The van der Waals surface area contributed by atoms with Crippen molar-refractivity contribution in [1.82, 2.24) is 19.9 Å². The first kappa shape index (κ1) is 16.7. The van der Waals surface area contributed by atoms with E-state index in [-0.39, 0.29) is 17.3 Å². The van der Waals surface area contributed by atoms with Crippen molar-refractivity contribution in [2.24, 2.45) is 5.92 Å². The fraction of sp³-hybridized carbons (Fsp3) is 0.550. The van der Waals surface area contributed by atoms with Crippen LogP contribution in [0.3, 0.4) is 0 Å². The smallest absolute Gasteiger partial charge is 0.226 e. The summed E-state index contributed by atoms with van der Waals surface area (Å²) in [5.74, 6) is 0.177. The third kappa shape index (κ3) is 2.55. The Morgan fingerprint density at radius 3 is 2.78 bits per heavy atom. The predicted octanol–water partition coefficient (Wildman–Crippen LogP) is 2.62. The van der Waals surface area contributed by atoms with Gasteiger partial charge in [-0.3, -0.25) is 9.78 Å². The minimum absolute atomic E-state index is 0.179. The van der Waals surface area contributed by atoms with E-state index in [1.165, 1.54) is 6.20 Å². The molecule has 2 fully saturated rings. The number of H-pyrrole nitrogens is 1. The minimum Gasteiger partial charge on any atom is -0.369 e. The molecule has 1 N–H and O–H groups in total. The van der Waals surface area contributed by atoms with E-state index in [1.54, 1.807) is 18.6 Å². The molecule has 3 aliphatic rings. The lowest BCUT2D eigenvalue weighted by Gasteiger charge is -2.52. The van der Waals surface area contributed by atoms with Gasteiger partial charge in [-0.1, -0.05) is 6.42 Å². The predicted molar refractivity (Wildman–Crippen MR) is 98.7 cm³/mol. The van der Waals surface area contributed by atoms with E-state index in [1.807, 2.05) is 0 Å². The molecule has 1 amide bonds.